The summed E-state index contributed by atoms with van der Waals surface area (Å²) in [7, 11) is -3.87. The molecule has 3 aliphatic rings. The number of fused-ring (bicyclic) bond motifs is 2. The van der Waals surface area contributed by atoms with E-state index in [1.165, 1.54) is 23.6 Å². The Morgan fingerprint density at radius 2 is 1.66 bits per heavy atom. The maximum atomic E-state index is 12.7. The average Bonchev–Trinajstić information content (AvgIpc) is 3.30. The number of carbonyl (C=O) groups excluding carboxylic acids is 1. The van der Waals surface area contributed by atoms with Gasteiger partial charge in [0, 0.05) is 32.6 Å². The second-order valence-electron chi connectivity index (χ2n) is 8.45. The van der Waals surface area contributed by atoms with Crippen LogP contribution >= 0.6 is 0 Å². The molecule has 1 aromatic carbocycles. The number of benzene rings is 1. The highest BCUT2D eigenvalue weighted by Gasteiger charge is 2.41. The minimum Gasteiger partial charge on any atom is -0.340 e. The predicted molar refractivity (Wildman–Crippen MR) is 100 cm³/mol. The van der Waals surface area contributed by atoms with Crippen molar-refractivity contribution in [3.05, 3.63) is 29.8 Å². The molecule has 1 amide bonds. The summed E-state index contributed by atoms with van der Waals surface area (Å²) in [5.74, 6) is 2.01. The second kappa shape index (κ2) is 7.58. The summed E-state index contributed by atoms with van der Waals surface area (Å²) in [5, 5.41) is 0. The van der Waals surface area contributed by atoms with Crippen molar-refractivity contribution in [1.82, 2.24) is 9.21 Å². The SMILES string of the molecule is O=C(C[C@H]1C[C@H]2CC[C@@H]1C2)N1CCN(S(=O)(=O)c2ccc(C(F)(F)F)cc2)CC1. The van der Waals surface area contributed by atoms with E-state index in [-0.39, 0.29) is 23.9 Å². The van der Waals surface area contributed by atoms with Crippen molar-refractivity contribution >= 4 is 15.9 Å². The number of rotatable bonds is 4. The standard InChI is InChI=1S/C20H25F3N2O3S/c21-20(22,23)17-3-5-18(6-4-17)29(27,28)25-9-7-24(8-10-25)19(26)13-16-12-14-1-2-15(16)11-14/h3-6,14-16H,1-2,7-13H2/t14-,15+,16+/m0/s1. The Bertz CT molecular complexity index is 862. The maximum absolute atomic E-state index is 12.7. The number of nitrogens with zero attached hydrogens (tertiary/aromatic N) is 2. The third-order valence-electron chi connectivity index (χ3n) is 6.73. The lowest BCUT2D eigenvalue weighted by Crippen LogP contribution is -2.50. The fourth-order valence-corrected chi connectivity index (χ4v) is 6.54. The molecule has 1 aliphatic heterocycles. The summed E-state index contributed by atoms with van der Waals surface area (Å²) in [5.41, 5.74) is -0.882. The Morgan fingerprint density at radius 3 is 2.17 bits per heavy atom. The first-order valence-corrected chi connectivity index (χ1v) is 11.5. The third kappa shape index (κ3) is 4.17. The molecule has 4 rings (SSSR count). The molecule has 0 spiro atoms. The monoisotopic (exact) mass is 430 g/mol. The van der Waals surface area contributed by atoms with Gasteiger partial charge in [0.05, 0.1) is 10.5 Å². The number of halogens is 3. The first-order chi connectivity index (χ1) is 13.6. The van der Waals surface area contributed by atoms with Gasteiger partial charge in [-0.1, -0.05) is 6.42 Å². The van der Waals surface area contributed by atoms with E-state index in [9.17, 15) is 26.4 Å². The van der Waals surface area contributed by atoms with Crippen molar-refractivity contribution in [3.8, 4) is 0 Å². The van der Waals surface area contributed by atoms with Crippen LogP contribution in [0, 0.1) is 17.8 Å². The van der Waals surface area contributed by atoms with Gasteiger partial charge in [-0.05, 0) is 61.3 Å². The first-order valence-electron chi connectivity index (χ1n) is 10.1. The maximum Gasteiger partial charge on any atom is 0.416 e. The smallest absolute Gasteiger partial charge is 0.340 e. The van der Waals surface area contributed by atoms with Gasteiger partial charge in [0.25, 0.3) is 0 Å². The van der Waals surface area contributed by atoms with Gasteiger partial charge >= 0.3 is 6.18 Å². The van der Waals surface area contributed by atoms with Gasteiger partial charge in [-0.2, -0.15) is 17.5 Å². The van der Waals surface area contributed by atoms with Gasteiger partial charge in [0.15, 0.2) is 0 Å². The van der Waals surface area contributed by atoms with Crippen molar-refractivity contribution in [2.24, 2.45) is 17.8 Å². The van der Waals surface area contributed by atoms with Gasteiger partial charge in [-0.15, -0.1) is 0 Å². The molecule has 0 unspecified atom stereocenters. The van der Waals surface area contributed by atoms with E-state index >= 15 is 0 Å². The Morgan fingerprint density at radius 1 is 1.00 bits per heavy atom. The van der Waals surface area contributed by atoms with E-state index in [4.69, 9.17) is 0 Å². The number of amides is 1. The number of hydrogen-bond donors (Lipinski definition) is 0. The molecule has 2 saturated carbocycles. The molecule has 29 heavy (non-hydrogen) atoms. The van der Waals surface area contributed by atoms with Crippen LogP contribution in [0.15, 0.2) is 29.2 Å². The van der Waals surface area contributed by atoms with Gasteiger partial charge in [-0.3, -0.25) is 4.79 Å². The summed E-state index contributed by atoms with van der Waals surface area (Å²) in [6, 6.07) is 3.54. The molecule has 1 heterocycles. The fraction of sp³-hybridized carbons (Fsp3) is 0.650. The molecule has 2 aliphatic carbocycles. The molecule has 0 aromatic heterocycles. The third-order valence-corrected chi connectivity index (χ3v) is 8.64. The molecular weight excluding hydrogens is 405 g/mol. The van der Waals surface area contributed by atoms with Gasteiger partial charge in [0.1, 0.15) is 0 Å². The quantitative estimate of drug-likeness (QED) is 0.736. The minimum atomic E-state index is -4.51. The lowest BCUT2D eigenvalue weighted by molar-refractivity contribution is -0.137. The molecule has 0 radical (unpaired) electrons. The van der Waals surface area contributed by atoms with Crippen molar-refractivity contribution in [1.29, 1.82) is 0 Å². The second-order valence-corrected chi connectivity index (χ2v) is 10.4. The van der Waals surface area contributed by atoms with Crippen LogP contribution in [0.25, 0.3) is 0 Å². The van der Waals surface area contributed by atoms with E-state index in [1.807, 2.05) is 0 Å². The number of sulfonamides is 1. The van der Waals surface area contributed by atoms with Crippen LogP contribution in [-0.2, 0) is 21.0 Å². The van der Waals surface area contributed by atoms with E-state index in [1.54, 1.807) is 4.90 Å². The molecule has 2 bridgehead atoms. The average molecular weight is 430 g/mol. The van der Waals surface area contributed by atoms with Gasteiger partial charge in [-0.25, -0.2) is 8.42 Å². The van der Waals surface area contributed by atoms with Crippen LogP contribution < -0.4 is 0 Å². The van der Waals surface area contributed by atoms with Crippen LogP contribution in [0.5, 0.6) is 0 Å². The van der Waals surface area contributed by atoms with Crippen molar-refractivity contribution in [3.63, 3.8) is 0 Å². The van der Waals surface area contributed by atoms with E-state index < -0.39 is 21.8 Å². The molecule has 160 valence electrons. The lowest BCUT2D eigenvalue weighted by atomic mass is 9.86. The molecule has 9 heteroatoms. The van der Waals surface area contributed by atoms with Crippen molar-refractivity contribution in [2.75, 3.05) is 26.2 Å². The van der Waals surface area contributed by atoms with Crippen LogP contribution in [-0.4, -0.2) is 49.7 Å². The largest absolute Gasteiger partial charge is 0.416 e. The van der Waals surface area contributed by atoms with Gasteiger partial charge < -0.3 is 4.90 Å². The molecule has 5 nitrogen and oxygen atoms in total. The lowest BCUT2D eigenvalue weighted by Gasteiger charge is -2.35. The highest BCUT2D eigenvalue weighted by atomic mass is 32.2. The fourth-order valence-electron chi connectivity index (χ4n) is 5.12. The Hall–Kier alpha value is -1.61. The topological polar surface area (TPSA) is 57.7 Å². The summed E-state index contributed by atoms with van der Waals surface area (Å²) < 4.78 is 64.8. The number of alkyl halides is 3. The molecule has 3 atom stereocenters. The Kier molecular flexibility index (Phi) is 5.40. The molecular formula is C20H25F3N2O3S. The van der Waals surface area contributed by atoms with Crippen LogP contribution in [0.4, 0.5) is 13.2 Å². The summed E-state index contributed by atoms with van der Waals surface area (Å²) in [6.07, 6.45) is 0.938. The first kappa shape index (κ1) is 20.7. The van der Waals surface area contributed by atoms with Crippen molar-refractivity contribution < 1.29 is 26.4 Å². The minimum absolute atomic E-state index is 0.0918. The zero-order valence-corrected chi connectivity index (χ0v) is 16.9. The Balaban J connectivity index is 1.34. The summed E-state index contributed by atoms with van der Waals surface area (Å²) >= 11 is 0. The number of carbonyl (C=O) groups is 1. The van der Waals surface area contributed by atoms with Crippen LogP contribution in [0.2, 0.25) is 0 Å². The molecule has 0 N–H and O–H groups in total. The highest BCUT2D eigenvalue weighted by Crippen LogP contribution is 2.49. The predicted octanol–water partition coefficient (Wildman–Crippen LogP) is 3.36. The van der Waals surface area contributed by atoms with Crippen molar-refractivity contribution in [2.45, 2.75) is 43.2 Å². The molecule has 1 aromatic rings. The zero-order valence-electron chi connectivity index (χ0n) is 16.1. The molecule has 1 saturated heterocycles. The summed E-state index contributed by atoms with van der Waals surface area (Å²) in [6.45, 7) is 0.955. The normalized spacial score (nSPS) is 28.1. The van der Waals surface area contributed by atoms with Crippen LogP contribution in [0.1, 0.15) is 37.7 Å². The Labute approximate surface area is 168 Å². The number of hydrogen-bond acceptors (Lipinski definition) is 3. The van der Waals surface area contributed by atoms with Gasteiger partial charge in [0.2, 0.25) is 15.9 Å². The van der Waals surface area contributed by atoms with E-state index in [2.05, 4.69) is 0 Å². The van der Waals surface area contributed by atoms with E-state index in [0.717, 1.165) is 36.6 Å². The summed E-state index contributed by atoms with van der Waals surface area (Å²) in [4.78, 5) is 14.2. The highest BCUT2D eigenvalue weighted by molar-refractivity contribution is 7.89. The molecule has 3 fully saturated rings. The van der Waals surface area contributed by atoms with E-state index in [0.29, 0.717) is 31.3 Å². The zero-order chi connectivity index (χ0) is 20.8. The van der Waals surface area contributed by atoms with Crippen LogP contribution in [0.3, 0.4) is 0 Å². The number of piperazine rings is 1.